The lowest BCUT2D eigenvalue weighted by Crippen LogP contribution is -2.45. The smallest absolute Gasteiger partial charge is 0.221 e. The summed E-state index contributed by atoms with van der Waals surface area (Å²) >= 11 is 5.23. The maximum absolute atomic E-state index is 11.8. The van der Waals surface area contributed by atoms with Gasteiger partial charge >= 0.3 is 0 Å². The first kappa shape index (κ1) is 14.9. The molecule has 3 nitrogen and oxygen atoms in total. The van der Waals surface area contributed by atoms with Crippen molar-refractivity contribution >= 4 is 33.6 Å². The monoisotopic (exact) mass is 342 g/mol. The molecule has 1 aliphatic rings. The van der Waals surface area contributed by atoms with Gasteiger partial charge in [-0.25, -0.2) is 0 Å². The van der Waals surface area contributed by atoms with E-state index in [4.69, 9.17) is 0 Å². The lowest BCUT2D eigenvalue weighted by atomic mass is 10.1. The molecule has 2 N–H and O–H groups in total. The highest BCUT2D eigenvalue weighted by Gasteiger charge is 2.14. The summed E-state index contributed by atoms with van der Waals surface area (Å²) in [5.41, 5.74) is 0. The summed E-state index contributed by atoms with van der Waals surface area (Å²) in [6.07, 6.45) is 2.81. The van der Waals surface area contributed by atoms with E-state index in [9.17, 15) is 4.79 Å². The largest absolute Gasteiger partial charge is 0.352 e. The minimum absolute atomic E-state index is 0.160. The maximum Gasteiger partial charge on any atom is 0.221 e. The average molecular weight is 343 g/mol. The van der Waals surface area contributed by atoms with Crippen LogP contribution in [-0.4, -0.2) is 30.8 Å². The van der Waals surface area contributed by atoms with Crippen LogP contribution in [0, 0.1) is 0 Å². The third kappa shape index (κ3) is 5.16. The number of rotatable bonds is 5. The van der Waals surface area contributed by atoms with E-state index >= 15 is 0 Å². The van der Waals surface area contributed by atoms with Gasteiger partial charge in [-0.15, -0.1) is 11.8 Å². The molecule has 1 aliphatic heterocycles. The summed E-state index contributed by atoms with van der Waals surface area (Å²) in [6, 6.07) is 8.42. The van der Waals surface area contributed by atoms with Gasteiger partial charge in [0.1, 0.15) is 0 Å². The minimum atomic E-state index is 0.160. The van der Waals surface area contributed by atoms with Crippen LogP contribution in [0.15, 0.2) is 33.6 Å². The molecule has 1 fully saturated rings. The molecule has 1 heterocycles. The fourth-order valence-corrected chi connectivity index (χ4v) is 3.61. The molecule has 0 spiro atoms. The van der Waals surface area contributed by atoms with E-state index in [1.54, 1.807) is 11.8 Å². The third-order valence-electron chi connectivity index (χ3n) is 3.09. The first-order valence-electron chi connectivity index (χ1n) is 6.63. The Hall–Kier alpha value is -0.520. The molecule has 5 heteroatoms. The Morgan fingerprint density at radius 2 is 2.32 bits per heavy atom. The van der Waals surface area contributed by atoms with Gasteiger partial charge in [-0.2, -0.15) is 0 Å². The molecule has 1 atom stereocenters. The van der Waals surface area contributed by atoms with Gasteiger partial charge in [0, 0.05) is 34.1 Å². The fourth-order valence-electron chi connectivity index (χ4n) is 2.09. The summed E-state index contributed by atoms with van der Waals surface area (Å²) in [5, 5.41) is 6.40. The van der Waals surface area contributed by atoms with Gasteiger partial charge in [0.15, 0.2) is 0 Å². The van der Waals surface area contributed by atoms with Crippen molar-refractivity contribution in [1.29, 1.82) is 0 Å². The second-order valence-corrected chi connectivity index (χ2v) is 6.63. The van der Waals surface area contributed by atoms with Crippen LogP contribution in [0.4, 0.5) is 0 Å². The van der Waals surface area contributed by atoms with Crippen LogP contribution in [-0.2, 0) is 4.79 Å². The number of thioether (sulfide) groups is 1. The Kier molecular flexibility index (Phi) is 6.20. The molecule has 1 aromatic carbocycles. The third-order valence-corrected chi connectivity index (χ3v) is 5.11. The van der Waals surface area contributed by atoms with Gasteiger partial charge in [0.05, 0.1) is 0 Å². The Morgan fingerprint density at radius 1 is 1.47 bits per heavy atom. The Labute approximate surface area is 127 Å². The number of nitrogens with one attached hydrogen (secondary N) is 2. The molecule has 104 valence electrons. The van der Waals surface area contributed by atoms with Crippen LogP contribution in [0.1, 0.15) is 19.3 Å². The predicted octanol–water partition coefficient (Wildman–Crippen LogP) is 2.80. The zero-order valence-electron chi connectivity index (χ0n) is 10.8. The Bertz CT molecular complexity index is 422. The van der Waals surface area contributed by atoms with Crippen molar-refractivity contribution in [3.05, 3.63) is 28.7 Å². The zero-order valence-corrected chi connectivity index (χ0v) is 13.2. The van der Waals surface area contributed by atoms with E-state index in [1.165, 1.54) is 4.90 Å². The number of hydrogen-bond acceptors (Lipinski definition) is 3. The lowest BCUT2D eigenvalue weighted by Gasteiger charge is -2.23. The van der Waals surface area contributed by atoms with Crippen molar-refractivity contribution in [1.82, 2.24) is 10.6 Å². The molecule has 2 rings (SSSR count). The highest BCUT2D eigenvalue weighted by molar-refractivity contribution is 9.10. The summed E-state index contributed by atoms with van der Waals surface area (Å²) in [6.45, 7) is 1.98. The second kappa shape index (κ2) is 7.92. The maximum atomic E-state index is 11.8. The molecule has 1 aromatic rings. The van der Waals surface area contributed by atoms with E-state index in [0.29, 0.717) is 12.5 Å². The second-order valence-electron chi connectivity index (χ2n) is 4.64. The highest BCUT2D eigenvalue weighted by atomic mass is 79.9. The highest BCUT2D eigenvalue weighted by Crippen LogP contribution is 2.27. The average Bonchev–Trinajstić information content (AvgIpc) is 2.42. The van der Waals surface area contributed by atoms with Crippen molar-refractivity contribution in [2.75, 3.05) is 18.8 Å². The topological polar surface area (TPSA) is 41.1 Å². The number of carbonyl (C=O) groups is 1. The quantitative estimate of drug-likeness (QED) is 0.808. The van der Waals surface area contributed by atoms with Gasteiger partial charge in [0.25, 0.3) is 0 Å². The van der Waals surface area contributed by atoms with E-state index in [2.05, 4.69) is 32.6 Å². The van der Waals surface area contributed by atoms with Crippen LogP contribution >= 0.6 is 27.7 Å². The van der Waals surface area contributed by atoms with Crippen LogP contribution < -0.4 is 10.6 Å². The van der Waals surface area contributed by atoms with Crippen molar-refractivity contribution in [3.63, 3.8) is 0 Å². The molecule has 19 heavy (non-hydrogen) atoms. The lowest BCUT2D eigenvalue weighted by molar-refractivity contribution is -0.121. The number of piperidine rings is 1. The number of benzene rings is 1. The number of carbonyl (C=O) groups excluding carboxylic acids is 1. The molecular weight excluding hydrogens is 324 g/mol. The molecule has 1 amide bonds. The van der Waals surface area contributed by atoms with Gasteiger partial charge in [-0.3, -0.25) is 4.79 Å². The number of halogens is 1. The zero-order chi connectivity index (χ0) is 13.5. The molecule has 0 aromatic heterocycles. The first-order chi connectivity index (χ1) is 9.25. The summed E-state index contributed by atoms with van der Waals surface area (Å²) in [7, 11) is 0. The summed E-state index contributed by atoms with van der Waals surface area (Å²) < 4.78 is 1.09. The van der Waals surface area contributed by atoms with Crippen molar-refractivity contribution < 1.29 is 4.79 Å². The SMILES string of the molecule is O=C(CCSc1ccccc1Br)N[C@H]1CCCNC1. The molecule has 0 unspecified atom stereocenters. The van der Waals surface area contributed by atoms with Crippen LogP contribution in [0.25, 0.3) is 0 Å². The standard InChI is InChI=1S/C14H19BrN2OS/c15-12-5-1-2-6-13(12)19-9-7-14(18)17-11-4-3-8-16-10-11/h1-2,5-6,11,16H,3-4,7-10H2,(H,17,18)/t11-/m0/s1. The molecule has 0 radical (unpaired) electrons. The molecule has 0 aliphatic carbocycles. The first-order valence-corrected chi connectivity index (χ1v) is 8.41. The van der Waals surface area contributed by atoms with Crippen molar-refractivity contribution in [3.8, 4) is 0 Å². The van der Waals surface area contributed by atoms with E-state index in [1.807, 2.05) is 18.2 Å². The van der Waals surface area contributed by atoms with E-state index in [-0.39, 0.29) is 5.91 Å². The number of hydrogen-bond donors (Lipinski definition) is 2. The molecule has 0 bridgehead atoms. The predicted molar refractivity (Wildman–Crippen MR) is 83.5 cm³/mol. The summed E-state index contributed by atoms with van der Waals surface area (Å²) in [4.78, 5) is 13.0. The minimum Gasteiger partial charge on any atom is -0.352 e. The fraction of sp³-hybridized carbons (Fsp3) is 0.500. The van der Waals surface area contributed by atoms with E-state index < -0.39 is 0 Å². The molecule has 0 saturated carbocycles. The van der Waals surface area contributed by atoms with Gasteiger partial charge < -0.3 is 10.6 Å². The van der Waals surface area contributed by atoms with E-state index in [0.717, 1.165) is 36.2 Å². The molecule has 1 saturated heterocycles. The summed E-state index contributed by atoms with van der Waals surface area (Å²) in [5.74, 6) is 0.975. The van der Waals surface area contributed by atoms with Crippen LogP contribution in [0.5, 0.6) is 0 Å². The van der Waals surface area contributed by atoms with Crippen molar-refractivity contribution in [2.45, 2.75) is 30.2 Å². The normalized spacial score (nSPS) is 19.1. The van der Waals surface area contributed by atoms with Crippen molar-refractivity contribution in [2.24, 2.45) is 0 Å². The van der Waals surface area contributed by atoms with Crippen LogP contribution in [0.2, 0.25) is 0 Å². The van der Waals surface area contributed by atoms with Crippen LogP contribution in [0.3, 0.4) is 0 Å². The van der Waals surface area contributed by atoms with Gasteiger partial charge in [-0.05, 0) is 47.4 Å². The Morgan fingerprint density at radius 3 is 3.05 bits per heavy atom. The van der Waals surface area contributed by atoms with Gasteiger partial charge in [-0.1, -0.05) is 12.1 Å². The molecular formula is C14H19BrN2OS. The van der Waals surface area contributed by atoms with Gasteiger partial charge in [0.2, 0.25) is 5.91 Å². The number of amides is 1. The Balaban J connectivity index is 1.67.